The van der Waals surface area contributed by atoms with E-state index in [-0.39, 0.29) is 18.9 Å². The molecule has 1 fully saturated rings. The van der Waals surface area contributed by atoms with Crippen LogP contribution in [0.25, 0.3) is 0 Å². The lowest BCUT2D eigenvalue weighted by atomic mass is 10.1. The number of carbonyl (C=O) groups is 3. The molecule has 1 atom stereocenters. The standard InChI is InChI=1S/C20H17Cl3N2O5/c1-29-17-5-3-12(21)7-15(17)24-18(26)10-30-20(28)11-6-19(27)25(9-11)16-8-13(22)2-4-14(16)23/h2-5,7-8,11H,6,9-10H2,1H3,(H,24,26)/t11-/m0/s1. The molecule has 1 N–H and O–H groups in total. The lowest BCUT2D eigenvalue weighted by Crippen LogP contribution is -2.28. The predicted molar refractivity (Wildman–Crippen MR) is 115 cm³/mol. The fraction of sp³-hybridized carbons (Fsp3) is 0.250. The van der Waals surface area contributed by atoms with E-state index in [1.165, 1.54) is 18.1 Å². The van der Waals surface area contributed by atoms with E-state index < -0.39 is 24.4 Å². The maximum atomic E-state index is 12.4. The van der Waals surface area contributed by atoms with Gasteiger partial charge in [0, 0.05) is 23.0 Å². The molecule has 158 valence electrons. The van der Waals surface area contributed by atoms with Crippen molar-refractivity contribution in [2.24, 2.45) is 5.92 Å². The Bertz CT molecular complexity index is 998. The highest BCUT2D eigenvalue weighted by molar-refractivity contribution is 6.36. The molecule has 1 heterocycles. The summed E-state index contributed by atoms with van der Waals surface area (Å²) >= 11 is 18.0. The maximum absolute atomic E-state index is 12.4. The number of anilines is 2. The minimum atomic E-state index is -0.721. The molecule has 30 heavy (non-hydrogen) atoms. The van der Waals surface area contributed by atoms with Crippen molar-refractivity contribution in [3.05, 3.63) is 51.5 Å². The van der Waals surface area contributed by atoms with Crippen LogP contribution in [-0.2, 0) is 19.1 Å². The molecule has 1 aliphatic rings. The number of rotatable bonds is 6. The van der Waals surface area contributed by atoms with Crippen LogP contribution in [0, 0.1) is 5.92 Å². The monoisotopic (exact) mass is 470 g/mol. The fourth-order valence-corrected chi connectivity index (χ4v) is 3.57. The minimum Gasteiger partial charge on any atom is -0.495 e. The van der Waals surface area contributed by atoms with Gasteiger partial charge in [-0.1, -0.05) is 34.8 Å². The summed E-state index contributed by atoms with van der Waals surface area (Å²) < 4.78 is 10.2. The summed E-state index contributed by atoms with van der Waals surface area (Å²) in [6, 6.07) is 9.47. The van der Waals surface area contributed by atoms with Gasteiger partial charge < -0.3 is 19.7 Å². The number of hydrogen-bond acceptors (Lipinski definition) is 5. The van der Waals surface area contributed by atoms with Gasteiger partial charge in [0.2, 0.25) is 5.91 Å². The van der Waals surface area contributed by atoms with Gasteiger partial charge in [0.05, 0.1) is 29.4 Å². The van der Waals surface area contributed by atoms with Crippen molar-refractivity contribution in [1.82, 2.24) is 0 Å². The molecule has 2 aromatic carbocycles. The topological polar surface area (TPSA) is 84.9 Å². The van der Waals surface area contributed by atoms with Crippen molar-refractivity contribution >= 4 is 64.0 Å². The minimum absolute atomic E-state index is 0.0502. The molecule has 0 unspecified atom stereocenters. The second-order valence-electron chi connectivity index (χ2n) is 6.50. The van der Waals surface area contributed by atoms with Gasteiger partial charge in [-0.15, -0.1) is 0 Å². The molecule has 2 amide bonds. The van der Waals surface area contributed by atoms with Crippen molar-refractivity contribution in [3.63, 3.8) is 0 Å². The Morgan fingerprint density at radius 2 is 1.83 bits per heavy atom. The first-order valence-corrected chi connectivity index (χ1v) is 9.97. The smallest absolute Gasteiger partial charge is 0.311 e. The summed E-state index contributed by atoms with van der Waals surface area (Å²) in [5, 5.41) is 3.74. The molecule has 1 aliphatic heterocycles. The van der Waals surface area contributed by atoms with Gasteiger partial charge in [0.1, 0.15) is 5.75 Å². The molecule has 0 spiro atoms. The normalized spacial score (nSPS) is 15.8. The zero-order valence-electron chi connectivity index (χ0n) is 15.8. The van der Waals surface area contributed by atoms with Crippen molar-refractivity contribution in [2.45, 2.75) is 6.42 Å². The Labute approximate surface area is 187 Å². The second-order valence-corrected chi connectivity index (χ2v) is 7.78. The number of nitrogens with one attached hydrogen (secondary N) is 1. The van der Waals surface area contributed by atoms with Crippen LogP contribution in [0.1, 0.15) is 6.42 Å². The third-order valence-electron chi connectivity index (χ3n) is 4.44. The third-order valence-corrected chi connectivity index (χ3v) is 5.23. The summed E-state index contributed by atoms with van der Waals surface area (Å²) in [4.78, 5) is 38.2. The SMILES string of the molecule is COc1ccc(Cl)cc1NC(=O)COC(=O)[C@H]1CC(=O)N(c2cc(Cl)ccc2Cl)C1. The average molecular weight is 472 g/mol. The Morgan fingerprint density at radius 1 is 1.13 bits per heavy atom. The van der Waals surface area contributed by atoms with Crippen LogP contribution >= 0.6 is 34.8 Å². The summed E-state index contributed by atoms with van der Waals surface area (Å²) in [6.07, 6.45) is -0.0502. The molecule has 0 aromatic heterocycles. The van der Waals surface area contributed by atoms with Gasteiger partial charge in [-0.25, -0.2) is 0 Å². The number of methoxy groups -OCH3 is 1. The van der Waals surface area contributed by atoms with Gasteiger partial charge in [-0.05, 0) is 36.4 Å². The van der Waals surface area contributed by atoms with Crippen LogP contribution in [0.3, 0.4) is 0 Å². The van der Waals surface area contributed by atoms with Crippen molar-refractivity contribution < 1.29 is 23.9 Å². The van der Waals surface area contributed by atoms with Gasteiger partial charge >= 0.3 is 5.97 Å². The molecule has 7 nitrogen and oxygen atoms in total. The first-order chi connectivity index (χ1) is 14.3. The molecule has 0 bridgehead atoms. The number of ether oxygens (including phenoxy) is 2. The Kier molecular flexibility index (Phi) is 7.07. The maximum Gasteiger partial charge on any atom is 0.311 e. The number of esters is 1. The molecule has 2 aromatic rings. The first-order valence-electron chi connectivity index (χ1n) is 8.84. The van der Waals surface area contributed by atoms with Crippen LogP contribution in [0.15, 0.2) is 36.4 Å². The van der Waals surface area contributed by atoms with E-state index in [9.17, 15) is 14.4 Å². The van der Waals surface area contributed by atoms with E-state index in [0.717, 1.165) is 0 Å². The van der Waals surface area contributed by atoms with E-state index >= 15 is 0 Å². The molecule has 0 radical (unpaired) electrons. The van der Waals surface area contributed by atoms with E-state index in [2.05, 4.69) is 5.32 Å². The van der Waals surface area contributed by atoms with Crippen LogP contribution in [-0.4, -0.2) is 38.0 Å². The average Bonchev–Trinajstić information content (AvgIpc) is 3.09. The lowest BCUT2D eigenvalue weighted by molar-refractivity contribution is -0.151. The van der Waals surface area contributed by atoms with Gasteiger partial charge in [0.25, 0.3) is 5.91 Å². The van der Waals surface area contributed by atoms with E-state index in [1.807, 2.05) is 0 Å². The highest BCUT2D eigenvalue weighted by atomic mass is 35.5. The number of benzene rings is 2. The summed E-state index contributed by atoms with van der Waals surface area (Å²) in [7, 11) is 1.45. The summed E-state index contributed by atoms with van der Waals surface area (Å²) in [5.74, 6) is -1.81. The highest BCUT2D eigenvalue weighted by Gasteiger charge is 2.37. The van der Waals surface area contributed by atoms with E-state index in [1.54, 1.807) is 30.3 Å². The fourth-order valence-electron chi connectivity index (χ4n) is 3.01. The highest BCUT2D eigenvalue weighted by Crippen LogP contribution is 2.34. The van der Waals surface area contributed by atoms with Gasteiger partial charge in [-0.3, -0.25) is 14.4 Å². The summed E-state index contributed by atoms with van der Waals surface area (Å²) in [5.41, 5.74) is 0.777. The van der Waals surface area contributed by atoms with Crippen LogP contribution in [0.5, 0.6) is 5.75 Å². The van der Waals surface area contributed by atoms with Crippen LogP contribution in [0.2, 0.25) is 15.1 Å². The van der Waals surface area contributed by atoms with Crippen molar-refractivity contribution in [2.75, 3.05) is 30.5 Å². The molecular weight excluding hydrogens is 455 g/mol. The van der Waals surface area contributed by atoms with Crippen molar-refractivity contribution in [1.29, 1.82) is 0 Å². The van der Waals surface area contributed by atoms with E-state index in [4.69, 9.17) is 44.3 Å². The largest absolute Gasteiger partial charge is 0.495 e. The Balaban J connectivity index is 1.58. The quantitative estimate of drug-likeness (QED) is 0.639. The first kappa shape index (κ1) is 22.2. The lowest BCUT2D eigenvalue weighted by Gasteiger charge is -2.18. The zero-order valence-corrected chi connectivity index (χ0v) is 18.1. The van der Waals surface area contributed by atoms with Crippen LogP contribution in [0.4, 0.5) is 11.4 Å². The molecule has 1 saturated heterocycles. The number of nitrogens with zero attached hydrogens (tertiary/aromatic N) is 1. The molecule has 10 heteroatoms. The number of carbonyl (C=O) groups excluding carboxylic acids is 3. The Hall–Kier alpha value is -2.48. The summed E-state index contributed by atoms with van der Waals surface area (Å²) in [6.45, 7) is -0.432. The zero-order chi connectivity index (χ0) is 21.8. The molecule has 3 rings (SSSR count). The molecule has 0 aliphatic carbocycles. The number of amides is 2. The molecular formula is C20H17Cl3N2O5. The van der Waals surface area contributed by atoms with Gasteiger partial charge in [0.15, 0.2) is 6.61 Å². The van der Waals surface area contributed by atoms with Crippen molar-refractivity contribution in [3.8, 4) is 5.75 Å². The van der Waals surface area contributed by atoms with Crippen LogP contribution < -0.4 is 15.0 Å². The van der Waals surface area contributed by atoms with E-state index in [0.29, 0.717) is 32.2 Å². The Morgan fingerprint density at radius 3 is 2.57 bits per heavy atom. The predicted octanol–water partition coefficient (Wildman–Crippen LogP) is 4.19. The third kappa shape index (κ3) is 5.16. The van der Waals surface area contributed by atoms with Gasteiger partial charge in [-0.2, -0.15) is 0 Å². The number of halogens is 3. The molecule has 0 saturated carbocycles. The second kappa shape index (κ2) is 9.55. The number of hydrogen-bond donors (Lipinski definition) is 1.